The molecule has 5 nitrogen and oxygen atoms in total. The number of carbonyl (C=O) groups is 1. The van der Waals surface area contributed by atoms with Gasteiger partial charge in [0.2, 0.25) is 0 Å². The van der Waals surface area contributed by atoms with Crippen molar-refractivity contribution in [1.82, 2.24) is 16.2 Å². The highest BCUT2D eigenvalue weighted by atomic mass is 16.5. The van der Waals surface area contributed by atoms with Crippen molar-refractivity contribution in [1.29, 1.82) is 0 Å². The fourth-order valence-electron chi connectivity index (χ4n) is 3.86. The summed E-state index contributed by atoms with van der Waals surface area (Å²) in [5, 5.41) is 5.42. The maximum absolute atomic E-state index is 12.3. The molecule has 126 valence electrons. The number of hydrazine groups is 1. The molecule has 1 heterocycles. The van der Waals surface area contributed by atoms with Gasteiger partial charge in [-0.2, -0.15) is 0 Å². The van der Waals surface area contributed by atoms with Crippen LogP contribution in [0.4, 0.5) is 0 Å². The second-order valence-corrected chi connectivity index (χ2v) is 6.71. The molecule has 2 aliphatic rings. The summed E-state index contributed by atoms with van der Waals surface area (Å²) in [5.74, 6) is 1.29. The molecular formula is C19H23N3O2. The van der Waals surface area contributed by atoms with E-state index in [2.05, 4.69) is 22.2 Å². The van der Waals surface area contributed by atoms with Crippen LogP contribution in [0, 0.1) is 5.92 Å². The predicted octanol–water partition coefficient (Wildman–Crippen LogP) is 1.98. The summed E-state index contributed by atoms with van der Waals surface area (Å²) in [7, 11) is 0. The van der Waals surface area contributed by atoms with E-state index in [-0.39, 0.29) is 18.6 Å². The van der Waals surface area contributed by atoms with Gasteiger partial charge in [0.05, 0.1) is 0 Å². The Hall–Kier alpha value is -2.11. The number of amides is 1. The van der Waals surface area contributed by atoms with Gasteiger partial charge in [0.15, 0.2) is 6.61 Å². The molecule has 0 bridgehead atoms. The van der Waals surface area contributed by atoms with E-state index in [4.69, 9.17) is 4.74 Å². The number of ether oxygens (including phenoxy) is 1. The molecule has 3 unspecified atom stereocenters. The van der Waals surface area contributed by atoms with Gasteiger partial charge in [-0.25, -0.2) is 0 Å². The Bertz CT molecular complexity index is 733. The Morgan fingerprint density at radius 2 is 2.04 bits per heavy atom. The molecule has 3 N–H and O–H groups in total. The van der Waals surface area contributed by atoms with Gasteiger partial charge in [-0.3, -0.25) is 15.6 Å². The summed E-state index contributed by atoms with van der Waals surface area (Å²) >= 11 is 0. The maximum Gasteiger partial charge on any atom is 0.258 e. The van der Waals surface area contributed by atoms with Crippen molar-refractivity contribution in [2.75, 3.05) is 13.2 Å². The number of fused-ring (bicyclic) bond motifs is 2. The number of rotatable bonds is 4. The van der Waals surface area contributed by atoms with Gasteiger partial charge in [-0.1, -0.05) is 36.8 Å². The predicted molar refractivity (Wildman–Crippen MR) is 93.6 cm³/mol. The second-order valence-electron chi connectivity index (χ2n) is 6.71. The second kappa shape index (κ2) is 6.79. The standard InChI is InChI=1S/C19H23N3O2/c23-18(21-17-7-3-6-15-11-20-22-19(15)17)12-24-16-9-8-13-4-1-2-5-14(13)10-16/h1-2,4-5,8-10,15,17,19-20,22H,3,6-7,11-12H2,(H,21,23). The Labute approximate surface area is 141 Å². The van der Waals surface area contributed by atoms with Crippen molar-refractivity contribution in [3.8, 4) is 5.75 Å². The molecule has 1 aliphatic heterocycles. The number of benzene rings is 2. The van der Waals surface area contributed by atoms with Crippen LogP contribution in [0.15, 0.2) is 42.5 Å². The van der Waals surface area contributed by atoms with Gasteiger partial charge in [0.1, 0.15) is 5.75 Å². The van der Waals surface area contributed by atoms with Gasteiger partial charge >= 0.3 is 0 Å². The lowest BCUT2D eigenvalue weighted by Gasteiger charge is -2.33. The van der Waals surface area contributed by atoms with Crippen LogP contribution in [0.2, 0.25) is 0 Å². The van der Waals surface area contributed by atoms with Crippen molar-refractivity contribution in [3.05, 3.63) is 42.5 Å². The molecule has 2 fully saturated rings. The van der Waals surface area contributed by atoms with Crippen LogP contribution >= 0.6 is 0 Å². The molecule has 0 aromatic heterocycles. The van der Waals surface area contributed by atoms with Gasteiger partial charge in [0.25, 0.3) is 5.91 Å². The van der Waals surface area contributed by atoms with Crippen LogP contribution in [0.25, 0.3) is 10.8 Å². The van der Waals surface area contributed by atoms with E-state index in [1.54, 1.807) is 0 Å². The zero-order valence-electron chi connectivity index (χ0n) is 13.6. The van der Waals surface area contributed by atoms with Gasteiger partial charge < -0.3 is 10.1 Å². The molecule has 1 amide bonds. The average molecular weight is 325 g/mol. The number of hydrogen-bond donors (Lipinski definition) is 3. The summed E-state index contributed by atoms with van der Waals surface area (Å²) in [6.45, 7) is 1.05. The Morgan fingerprint density at radius 3 is 2.96 bits per heavy atom. The van der Waals surface area contributed by atoms with Gasteiger partial charge in [-0.05, 0) is 41.7 Å². The lowest BCUT2D eigenvalue weighted by Crippen LogP contribution is -2.53. The molecule has 1 aliphatic carbocycles. The van der Waals surface area contributed by atoms with E-state index in [0.717, 1.165) is 24.1 Å². The summed E-state index contributed by atoms with van der Waals surface area (Å²) in [6.07, 6.45) is 3.42. The normalized spacial score (nSPS) is 26.1. The zero-order chi connectivity index (χ0) is 16.4. The molecule has 0 radical (unpaired) electrons. The quantitative estimate of drug-likeness (QED) is 0.804. The highest BCUT2D eigenvalue weighted by molar-refractivity contribution is 5.84. The van der Waals surface area contributed by atoms with Crippen LogP contribution in [0.1, 0.15) is 19.3 Å². The SMILES string of the molecule is O=C(COc1ccc2ccccc2c1)NC1CCCC2CNNC21. The van der Waals surface area contributed by atoms with Crippen LogP contribution in [-0.4, -0.2) is 31.1 Å². The molecule has 2 aromatic carbocycles. The molecule has 1 saturated carbocycles. The topological polar surface area (TPSA) is 62.4 Å². The lowest BCUT2D eigenvalue weighted by molar-refractivity contribution is -0.124. The first-order valence-electron chi connectivity index (χ1n) is 8.69. The van der Waals surface area contributed by atoms with Crippen molar-refractivity contribution in [3.63, 3.8) is 0 Å². The number of carbonyl (C=O) groups excluding carboxylic acids is 1. The Kier molecular flexibility index (Phi) is 4.36. The Balaban J connectivity index is 1.34. The summed E-state index contributed by atoms with van der Waals surface area (Å²) in [5.41, 5.74) is 6.51. The van der Waals surface area contributed by atoms with Gasteiger partial charge in [0, 0.05) is 18.6 Å². The highest BCUT2D eigenvalue weighted by Crippen LogP contribution is 2.26. The van der Waals surface area contributed by atoms with E-state index >= 15 is 0 Å². The number of nitrogens with one attached hydrogen (secondary N) is 3. The van der Waals surface area contributed by atoms with Crippen molar-refractivity contribution in [2.45, 2.75) is 31.3 Å². The zero-order valence-corrected chi connectivity index (χ0v) is 13.6. The molecule has 3 atom stereocenters. The smallest absolute Gasteiger partial charge is 0.258 e. The van der Waals surface area contributed by atoms with E-state index < -0.39 is 0 Å². The van der Waals surface area contributed by atoms with E-state index in [0.29, 0.717) is 12.0 Å². The van der Waals surface area contributed by atoms with Crippen molar-refractivity contribution < 1.29 is 9.53 Å². The first-order valence-corrected chi connectivity index (χ1v) is 8.69. The summed E-state index contributed by atoms with van der Waals surface area (Å²) in [4.78, 5) is 12.3. The molecule has 0 spiro atoms. The van der Waals surface area contributed by atoms with Crippen LogP contribution < -0.4 is 20.9 Å². The molecule has 5 heteroatoms. The average Bonchev–Trinajstić information content (AvgIpc) is 3.10. The monoisotopic (exact) mass is 325 g/mol. The largest absolute Gasteiger partial charge is 0.484 e. The third-order valence-corrected chi connectivity index (χ3v) is 5.10. The van der Waals surface area contributed by atoms with Crippen molar-refractivity contribution in [2.24, 2.45) is 5.92 Å². The van der Waals surface area contributed by atoms with Crippen LogP contribution in [0.5, 0.6) is 5.75 Å². The maximum atomic E-state index is 12.3. The molecule has 24 heavy (non-hydrogen) atoms. The highest BCUT2D eigenvalue weighted by Gasteiger charge is 2.37. The fourth-order valence-corrected chi connectivity index (χ4v) is 3.86. The fraction of sp³-hybridized carbons (Fsp3) is 0.421. The van der Waals surface area contributed by atoms with Crippen LogP contribution in [0.3, 0.4) is 0 Å². The molecular weight excluding hydrogens is 302 g/mol. The van der Waals surface area contributed by atoms with E-state index in [1.807, 2.05) is 36.4 Å². The molecule has 2 aromatic rings. The van der Waals surface area contributed by atoms with E-state index in [1.165, 1.54) is 18.2 Å². The Morgan fingerprint density at radius 1 is 1.17 bits per heavy atom. The first kappa shape index (κ1) is 15.4. The van der Waals surface area contributed by atoms with Gasteiger partial charge in [-0.15, -0.1) is 0 Å². The van der Waals surface area contributed by atoms with E-state index in [9.17, 15) is 4.79 Å². The summed E-state index contributed by atoms with van der Waals surface area (Å²) in [6, 6.07) is 14.5. The van der Waals surface area contributed by atoms with Crippen molar-refractivity contribution >= 4 is 16.7 Å². The van der Waals surface area contributed by atoms with Crippen LogP contribution in [-0.2, 0) is 4.79 Å². The minimum Gasteiger partial charge on any atom is -0.484 e. The summed E-state index contributed by atoms with van der Waals surface area (Å²) < 4.78 is 5.68. The third-order valence-electron chi connectivity index (χ3n) is 5.10. The molecule has 1 saturated heterocycles. The third kappa shape index (κ3) is 3.23. The number of hydrogen-bond acceptors (Lipinski definition) is 4. The minimum absolute atomic E-state index is 0.0532. The lowest BCUT2D eigenvalue weighted by atomic mass is 9.82. The molecule has 4 rings (SSSR count). The first-order chi connectivity index (χ1) is 11.8. The minimum atomic E-state index is -0.0532.